The molecule has 2 aliphatic heterocycles. The fourth-order valence-corrected chi connectivity index (χ4v) is 2.66. The number of amides is 1. The van der Waals surface area contributed by atoms with E-state index in [1.807, 2.05) is 29.2 Å². The van der Waals surface area contributed by atoms with Gasteiger partial charge in [0.2, 0.25) is 0 Å². The zero-order valence-corrected chi connectivity index (χ0v) is 11.8. The van der Waals surface area contributed by atoms with Crippen LogP contribution in [0.15, 0.2) is 24.3 Å². The highest BCUT2D eigenvalue weighted by Crippen LogP contribution is 2.29. The topological polar surface area (TPSA) is 41.6 Å². The summed E-state index contributed by atoms with van der Waals surface area (Å²) in [6, 6.07) is 8.26. The van der Waals surface area contributed by atoms with Gasteiger partial charge in [-0.25, -0.2) is 0 Å². The van der Waals surface area contributed by atoms with Gasteiger partial charge in [0, 0.05) is 32.1 Å². The summed E-state index contributed by atoms with van der Waals surface area (Å²) in [5.41, 5.74) is 1.14. The zero-order chi connectivity index (χ0) is 12.5. The van der Waals surface area contributed by atoms with Gasteiger partial charge in [0.1, 0.15) is 5.75 Å². The van der Waals surface area contributed by atoms with E-state index in [0.717, 1.165) is 30.9 Å². The average molecular weight is 283 g/mol. The minimum absolute atomic E-state index is 0. The summed E-state index contributed by atoms with van der Waals surface area (Å²) in [6.07, 6.45) is 0.375. The number of piperazine rings is 1. The fraction of sp³-hybridized carbons (Fsp3) is 0.500. The van der Waals surface area contributed by atoms with Crippen LogP contribution >= 0.6 is 12.4 Å². The number of para-hydroxylation sites is 1. The lowest BCUT2D eigenvalue weighted by Crippen LogP contribution is -2.54. The Balaban J connectivity index is 0.00000133. The highest BCUT2D eigenvalue weighted by Gasteiger charge is 2.33. The van der Waals surface area contributed by atoms with E-state index in [-0.39, 0.29) is 24.4 Å². The molecule has 0 spiro atoms. The molecule has 0 aromatic heterocycles. The second kappa shape index (κ2) is 5.80. The predicted molar refractivity (Wildman–Crippen MR) is 75.9 cm³/mol. The normalized spacial score (nSPS) is 25.2. The van der Waals surface area contributed by atoms with E-state index in [4.69, 9.17) is 4.74 Å². The van der Waals surface area contributed by atoms with E-state index in [1.54, 1.807) is 0 Å². The Kier molecular flexibility index (Phi) is 4.32. The Morgan fingerprint density at radius 3 is 2.95 bits per heavy atom. The number of halogens is 1. The Morgan fingerprint density at radius 2 is 2.21 bits per heavy atom. The van der Waals surface area contributed by atoms with Gasteiger partial charge in [-0.3, -0.25) is 4.79 Å². The summed E-state index contributed by atoms with van der Waals surface area (Å²) in [5.74, 6) is 0.985. The summed E-state index contributed by atoms with van der Waals surface area (Å²) >= 11 is 0. The van der Waals surface area contributed by atoms with Gasteiger partial charge in [-0.1, -0.05) is 18.2 Å². The molecule has 1 fully saturated rings. The summed E-state index contributed by atoms with van der Waals surface area (Å²) in [4.78, 5) is 14.3. The molecule has 0 aliphatic carbocycles. The number of hydrogen-bond acceptors (Lipinski definition) is 3. The molecular formula is C14H19ClN2O2. The Hall–Kier alpha value is -1.26. The van der Waals surface area contributed by atoms with E-state index >= 15 is 0 Å². The van der Waals surface area contributed by atoms with Crippen LogP contribution in [0.25, 0.3) is 0 Å². The van der Waals surface area contributed by atoms with Crippen molar-refractivity contribution in [3.63, 3.8) is 0 Å². The number of carbonyl (C=O) groups excluding carboxylic acids is 1. The number of nitrogens with one attached hydrogen (secondary N) is 1. The third-order valence-electron chi connectivity index (χ3n) is 3.60. The molecule has 1 aromatic rings. The molecule has 0 saturated carbocycles. The third-order valence-corrected chi connectivity index (χ3v) is 3.60. The average Bonchev–Trinajstić information content (AvgIpc) is 2.81. The number of rotatable bonds is 1. The molecule has 1 aromatic carbocycles. The zero-order valence-electron chi connectivity index (χ0n) is 11.0. The number of fused-ring (bicyclic) bond motifs is 1. The Bertz CT molecular complexity index is 442. The quantitative estimate of drug-likeness (QED) is 0.842. The first kappa shape index (κ1) is 14.2. The molecule has 1 saturated heterocycles. The molecule has 0 radical (unpaired) electrons. The molecule has 2 aliphatic rings. The lowest BCUT2D eigenvalue weighted by atomic mass is 10.1. The van der Waals surface area contributed by atoms with Crippen LogP contribution in [0.5, 0.6) is 5.75 Å². The third kappa shape index (κ3) is 2.85. The number of nitrogens with zero attached hydrogens (tertiary/aromatic N) is 1. The first-order valence-electron chi connectivity index (χ1n) is 6.51. The van der Waals surface area contributed by atoms with Crippen LogP contribution in [0.3, 0.4) is 0 Å². The van der Waals surface area contributed by atoms with Crippen molar-refractivity contribution in [2.24, 2.45) is 0 Å². The van der Waals surface area contributed by atoms with Crippen molar-refractivity contribution in [3.8, 4) is 5.75 Å². The van der Waals surface area contributed by atoms with Crippen LogP contribution < -0.4 is 10.1 Å². The largest absolute Gasteiger partial charge is 0.480 e. The summed E-state index contributed by atoms with van der Waals surface area (Å²) in [7, 11) is 0. The maximum absolute atomic E-state index is 12.4. The van der Waals surface area contributed by atoms with Crippen molar-refractivity contribution >= 4 is 18.3 Å². The van der Waals surface area contributed by atoms with Gasteiger partial charge in [0.15, 0.2) is 6.10 Å². The van der Waals surface area contributed by atoms with E-state index in [1.165, 1.54) is 0 Å². The van der Waals surface area contributed by atoms with Gasteiger partial charge >= 0.3 is 0 Å². The summed E-state index contributed by atoms with van der Waals surface area (Å²) < 4.78 is 5.75. The van der Waals surface area contributed by atoms with Gasteiger partial charge in [-0.15, -0.1) is 12.4 Å². The molecule has 0 bridgehead atoms. The SMILES string of the molecule is CC1CN(C(=O)C2Cc3ccccc3O2)CCN1.Cl. The second-order valence-electron chi connectivity index (χ2n) is 5.06. The van der Waals surface area contributed by atoms with Gasteiger partial charge in [-0.2, -0.15) is 0 Å². The molecule has 2 atom stereocenters. The van der Waals surface area contributed by atoms with Crippen LogP contribution in [0, 0.1) is 0 Å². The van der Waals surface area contributed by atoms with Crippen molar-refractivity contribution in [2.45, 2.75) is 25.5 Å². The minimum atomic E-state index is -0.326. The molecule has 1 amide bonds. The lowest BCUT2D eigenvalue weighted by molar-refractivity contribution is -0.139. The molecule has 4 nitrogen and oxygen atoms in total. The molecule has 3 rings (SSSR count). The van der Waals surface area contributed by atoms with Gasteiger partial charge in [0.25, 0.3) is 5.91 Å². The monoisotopic (exact) mass is 282 g/mol. The van der Waals surface area contributed by atoms with Crippen LogP contribution in [0.1, 0.15) is 12.5 Å². The molecule has 5 heteroatoms. The van der Waals surface area contributed by atoms with Crippen molar-refractivity contribution in [1.29, 1.82) is 0 Å². The maximum atomic E-state index is 12.4. The van der Waals surface area contributed by atoms with E-state index in [2.05, 4.69) is 12.2 Å². The highest BCUT2D eigenvalue weighted by molar-refractivity contribution is 5.85. The number of ether oxygens (including phenoxy) is 1. The lowest BCUT2D eigenvalue weighted by Gasteiger charge is -2.33. The first-order chi connectivity index (χ1) is 8.74. The number of carbonyl (C=O) groups is 1. The highest BCUT2D eigenvalue weighted by atomic mass is 35.5. The van der Waals surface area contributed by atoms with Crippen LogP contribution in [0.2, 0.25) is 0 Å². The van der Waals surface area contributed by atoms with Gasteiger partial charge in [-0.05, 0) is 18.6 Å². The van der Waals surface area contributed by atoms with Crippen molar-refractivity contribution in [2.75, 3.05) is 19.6 Å². The maximum Gasteiger partial charge on any atom is 0.264 e. The van der Waals surface area contributed by atoms with Crippen molar-refractivity contribution in [3.05, 3.63) is 29.8 Å². The first-order valence-corrected chi connectivity index (χ1v) is 6.51. The van der Waals surface area contributed by atoms with E-state index < -0.39 is 0 Å². The van der Waals surface area contributed by atoms with Gasteiger partial charge in [0.05, 0.1) is 0 Å². The fourth-order valence-electron chi connectivity index (χ4n) is 2.66. The molecule has 1 N–H and O–H groups in total. The molecule has 104 valence electrons. The second-order valence-corrected chi connectivity index (χ2v) is 5.06. The standard InChI is InChI=1S/C14H18N2O2.ClH/c1-10-9-16(7-6-15-10)14(17)13-8-11-4-2-3-5-12(11)18-13;/h2-5,10,13,15H,6-9H2,1H3;1H. The predicted octanol–water partition coefficient (Wildman–Crippen LogP) is 1.23. The summed E-state index contributed by atoms with van der Waals surface area (Å²) in [6.45, 7) is 4.52. The molecule has 2 heterocycles. The Labute approximate surface area is 119 Å². The summed E-state index contributed by atoms with van der Waals surface area (Å²) in [5, 5.41) is 3.34. The molecule has 19 heavy (non-hydrogen) atoms. The minimum Gasteiger partial charge on any atom is -0.480 e. The number of benzene rings is 1. The molecule has 2 unspecified atom stereocenters. The van der Waals surface area contributed by atoms with Gasteiger partial charge < -0.3 is 15.0 Å². The van der Waals surface area contributed by atoms with Crippen molar-refractivity contribution in [1.82, 2.24) is 10.2 Å². The van der Waals surface area contributed by atoms with E-state index in [0.29, 0.717) is 12.5 Å². The van der Waals surface area contributed by atoms with E-state index in [9.17, 15) is 4.79 Å². The number of hydrogen-bond donors (Lipinski definition) is 1. The van der Waals surface area contributed by atoms with Crippen LogP contribution in [-0.2, 0) is 11.2 Å². The van der Waals surface area contributed by atoms with Crippen molar-refractivity contribution < 1.29 is 9.53 Å². The molecular weight excluding hydrogens is 264 g/mol. The van der Waals surface area contributed by atoms with Crippen LogP contribution in [0.4, 0.5) is 0 Å². The Morgan fingerprint density at radius 1 is 1.42 bits per heavy atom. The van der Waals surface area contributed by atoms with Crippen LogP contribution in [-0.4, -0.2) is 42.6 Å². The smallest absolute Gasteiger partial charge is 0.264 e.